The van der Waals surface area contributed by atoms with Gasteiger partial charge in [0.2, 0.25) is 5.09 Å². The van der Waals surface area contributed by atoms with Crippen LogP contribution >= 0.6 is 0 Å². The van der Waals surface area contributed by atoms with Crippen molar-refractivity contribution in [1.29, 1.82) is 0 Å². The maximum Gasteiger partial charge on any atom is 0.275 e. The molecule has 1 aliphatic rings. The molecular weight excluding hydrogens is 378 g/mol. The minimum atomic E-state index is -3.56. The fraction of sp³-hybridized carbons (Fsp3) is 0.450. The van der Waals surface area contributed by atoms with Gasteiger partial charge in [0.05, 0.1) is 6.54 Å². The highest BCUT2D eigenvalue weighted by Crippen LogP contribution is 2.19. The molecule has 1 amide bonds. The lowest BCUT2D eigenvalue weighted by atomic mass is 10.1. The topological polar surface area (TPSA) is 74.1 Å². The molecule has 0 saturated carbocycles. The lowest BCUT2D eigenvalue weighted by Crippen LogP contribution is -2.48. The van der Waals surface area contributed by atoms with Crippen LogP contribution in [0.15, 0.2) is 45.9 Å². The molecule has 0 atom stereocenters. The molecule has 152 valence electrons. The summed E-state index contributed by atoms with van der Waals surface area (Å²) in [6, 6.07) is 11.0. The van der Waals surface area contributed by atoms with Crippen LogP contribution in [0.5, 0.6) is 0 Å². The molecule has 1 aromatic carbocycles. The van der Waals surface area contributed by atoms with Gasteiger partial charge < -0.3 is 9.32 Å². The second-order valence-corrected chi connectivity index (χ2v) is 9.21. The minimum Gasteiger partial charge on any atom is -0.447 e. The van der Waals surface area contributed by atoms with Crippen molar-refractivity contribution in [3.05, 3.63) is 53.3 Å². The van der Waals surface area contributed by atoms with E-state index in [9.17, 15) is 13.2 Å². The molecule has 2 aromatic rings. The van der Waals surface area contributed by atoms with E-state index in [4.69, 9.17) is 4.42 Å². The van der Waals surface area contributed by atoms with E-state index in [0.717, 1.165) is 29.4 Å². The summed E-state index contributed by atoms with van der Waals surface area (Å²) in [6.07, 6.45) is 0.956. The van der Waals surface area contributed by atoms with E-state index in [2.05, 4.69) is 11.8 Å². The maximum absolute atomic E-state index is 12.7. The lowest BCUT2D eigenvalue weighted by Gasteiger charge is -2.34. The van der Waals surface area contributed by atoms with E-state index < -0.39 is 10.0 Å². The van der Waals surface area contributed by atoms with E-state index in [0.29, 0.717) is 25.4 Å². The number of nitrogens with zero attached hydrogens (tertiary/aromatic N) is 3. The van der Waals surface area contributed by atoms with Gasteiger partial charge in [0.15, 0.2) is 0 Å². The van der Waals surface area contributed by atoms with Crippen molar-refractivity contribution in [2.45, 2.75) is 25.0 Å². The second kappa shape index (κ2) is 8.46. The number of hydrogen-bond acceptors (Lipinski definition) is 5. The van der Waals surface area contributed by atoms with Crippen LogP contribution in [0.4, 0.5) is 0 Å². The van der Waals surface area contributed by atoms with Gasteiger partial charge >= 0.3 is 0 Å². The third-order valence-corrected chi connectivity index (χ3v) is 6.71. The van der Waals surface area contributed by atoms with Gasteiger partial charge in [-0.25, -0.2) is 12.7 Å². The summed E-state index contributed by atoms with van der Waals surface area (Å²) in [7, 11) is -0.606. The standard InChI is InChI=1S/C20H27N3O4S/c1-4-16-5-7-17(8-6-16)20(24)23-13-11-22(12-14-23)15-18-9-10-19(27-18)28(25,26)21(2)3/h5-10H,4,11-15H2,1-3H3. The number of carbonyl (C=O) groups is 1. The molecular formula is C20H27N3O4S. The van der Waals surface area contributed by atoms with Crippen molar-refractivity contribution in [2.75, 3.05) is 40.3 Å². The van der Waals surface area contributed by atoms with Crippen molar-refractivity contribution in [1.82, 2.24) is 14.1 Å². The first-order valence-electron chi connectivity index (χ1n) is 9.43. The molecule has 3 rings (SSSR count). The van der Waals surface area contributed by atoms with Gasteiger partial charge in [0, 0.05) is 45.8 Å². The highest BCUT2D eigenvalue weighted by Gasteiger charge is 2.25. The molecule has 0 radical (unpaired) electrons. The molecule has 7 nitrogen and oxygen atoms in total. The average Bonchev–Trinajstić information content (AvgIpc) is 3.17. The summed E-state index contributed by atoms with van der Waals surface area (Å²) >= 11 is 0. The summed E-state index contributed by atoms with van der Waals surface area (Å²) in [5.41, 5.74) is 1.94. The smallest absolute Gasteiger partial charge is 0.275 e. The van der Waals surface area contributed by atoms with E-state index in [1.54, 1.807) is 6.07 Å². The van der Waals surface area contributed by atoms with Gasteiger partial charge in [-0.1, -0.05) is 19.1 Å². The Morgan fingerprint density at radius 2 is 1.68 bits per heavy atom. The second-order valence-electron chi connectivity index (χ2n) is 7.13. The van der Waals surface area contributed by atoms with E-state index in [1.165, 1.54) is 25.7 Å². The number of piperazine rings is 1. The molecule has 1 aromatic heterocycles. The molecule has 28 heavy (non-hydrogen) atoms. The van der Waals surface area contributed by atoms with Crippen molar-refractivity contribution >= 4 is 15.9 Å². The average molecular weight is 406 g/mol. The number of sulfonamides is 1. The van der Waals surface area contributed by atoms with E-state index in [-0.39, 0.29) is 11.0 Å². The van der Waals surface area contributed by atoms with Crippen molar-refractivity contribution in [3.63, 3.8) is 0 Å². The first kappa shape index (κ1) is 20.6. The fourth-order valence-electron chi connectivity index (χ4n) is 3.16. The lowest BCUT2D eigenvalue weighted by molar-refractivity contribution is 0.0618. The molecule has 0 spiro atoms. The first-order chi connectivity index (χ1) is 13.3. The zero-order valence-electron chi connectivity index (χ0n) is 16.6. The number of rotatable bonds is 6. The molecule has 0 N–H and O–H groups in total. The number of carbonyl (C=O) groups excluding carboxylic acids is 1. The number of aryl methyl sites for hydroxylation is 1. The van der Waals surface area contributed by atoms with Crippen LogP contribution in [0.25, 0.3) is 0 Å². The number of furan rings is 1. The van der Waals surface area contributed by atoms with Gasteiger partial charge in [-0.2, -0.15) is 0 Å². The monoisotopic (exact) mass is 405 g/mol. The third kappa shape index (κ3) is 4.45. The molecule has 0 aliphatic carbocycles. The predicted octanol–water partition coefficient (Wildman–Crippen LogP) is 2.05. The number of hydrogen-bond donors (Lipinski definition) is 0. The van der Waals surface area contributed by atoms with Crippen molar-refractivity contribution in [3.8, 4) is 0 Å². The van der Waals surface area contributed by atoms with Crippen LogP contribution in [0.1, 0.15) is 28.6 Å². The van der Waals surface area contributed by atoms with Crippen LogP contribution in [0.2, 0.25) is 0 Å². The van der Waals surface area contributed by atoms with Gasteiger partial charge in [-0.3, -0.25) is 9.69 Å². The predicted molar refractivity (Wildman–Crippen MR) is 107 cm³/mol. The van der Waals surface area contributed by atoms with Gasteiger partial charge in [-0.05, 0) is 36.2 Å². The highest BCUT2D eigenvalue weighted by atomic mass is 32.2. The van der Waals surface area contributed by atoms with Crippen molar-refractivity contribution < 1.29 is 17.6 Å². The highest BCUT2D eigenvalue weighted by molar-refractivity contribution is 7.88. The summed E-state index contributed by atoms with van der Waals surface area (Å²) in [4.78, 5) is 16.7. The Balaban J connectivity index is 1.55. The zero-order chi connectivity index (χ0) is 20.3. The third-order valence-electron chi connectivity index (χ3n) is 5.02. The Labute approximate surface area is 166 Å². The van der Waals surface area contributed by atoms with Crippen LogP contribution in [0.3, 0.4) is 0 Å². The molecule has 1 aliphatic heterocycles. The quantitative estimate of drug-likeness (QED) is 0.735. The molecule has 1 fully saturated rings. The van der Waals surface area contributed by atoms with Crippen LogP contribution in [-0.2, 0) is 23.0 Å². The van der Waals surface area contributed by atoms with Crippen LogP contribution in [0, 0.1) is 0 Å². The van der Waals surface area contributed by atoms with Crippen LogP contribution in [-0.4, -0.2) is 68.7 Å². The summed E-state index contributed by atoms with van der Waals surface area (Å²) < 4.78 is 30.9. The Morgan fingerprint density at radius 1 is 1.04 bits per heavy atom. The number of benzene rings is 1. The Kier molecular flexibility index (Phi) is 6.22. The van der Waals surface area contributed by atoms with Gasteiger partial charge in [0.1, 0.15) is 5.76 Å². The summed E-state index contributed by atoms with van der Waals surface area (Å²) in [5, 5.41) is -0.0446. The molecule has 2 heterocycles. The number of amides is 1. The normalized spacial score (nSPS) is 15.9. The van der Waals surface area contributed by atoms with E-state index in [1.807, 2.05) is 29.2 Å². The van der Waals surface area contributed by atoms with Gasteiger partial charge in [-0.15, -0.1) is 0 Å². The minimum absolute atomic E-state index is 0.0446. The van der Waals surface area contributed by atoms with Gasteiger partial charge in [0.25, 0.3) is 15.9 Å². The van der Waals surface area contributed by atoms with Crippen molar-refractivity contribution in [2.24, 2.45) is 0 Å². The Hall–Kier alpha value is -2.16. The fourth-order valence-corrected chi connectivity index (χ4v) is 3.97. The largest absolute Gasteiger partial charge is 0.447 e. The molecule has 8 heteroatoms. The molecule has 1 saturated heterocycles. The molecule has 0 unspecified atom stereocenters. The Bertz CT molecular complexity index is 911. The summed E-state index contributed by atoms with van der Waals surface area (Å²) in [5.74, 6) is 0.662. The SMILES string of the molecule is CCc1ccc(C(=O)N2CCN(Cc3ccc(S(=O)(=O)N(C)C)o3)CC2)cc1. The zero-order valence-corrected chi connectivity index (χ0v) is 17.4. The summed E-state index contributed by atoms with van der Waals surface area (Å²) in [6.45, 7) is 5.32. The maximum atomic E-state index is 12.7. The first-order valence-corrected chi connectivity index (χ1v) is 10.9. The molecule has 0 bridgehead atoms. The van der Waals surface area contributed by atoms with E-state index >= 15 is 0 Å². The Morgan fingerprint density at radius 3 is 2.25 bits per heavy atom. The van der Waals surface area contributed by atoms with Crippen LogP contribution < -0.4 is 0 Å².